The summed E-state index contributed by atoms with van der Waals surface area (Å²) in [7, 11) is 0. The van der Waals surface area contributed by atoms with Crippen molar-refractivity contribution in [3.63, 3.8) is 0 Å². The Kier molecular flexibility index (Phi) is 4.14. The van der Waals surface area contributed by atoms with Crippen LogP contribution in [0.25, 0.3) is 0 Å². The highest BCUT2D eigenvalue weighted by atomic mass is 15.3. The summed E-state index contributed by atoms with van der Waals surface area (Å²) >= 11 is 0. The van der Waals surface area contributed by atoms with Crippen molar-refractivity contribution in [2.45, 2.75) is 77.4 Å². The monoisotopic (exact) mass is 238 g/mol. The van der Waals surface area contributed by atoms with Gasteiger partial charge >= 0.3 is 0 Å². The number of hydrogen-bond acceptors (Lipinski definition) is 2. The van der Waals surface area contributed by atoms with Crippen molar-refractivity contribution in [1.29, 1.82) is 0 Å². The number of nitrogens with zero attached hydrogens (tertiary/aromatic N) is 1. The summed E-state index contributed by atoms with van der Waals surface area (Å²) < 4.78 is 0. The van der Waals surface area contributed by atoms with Crippen LogP contribution < -0.4 is 5.32 Å². The molecule has 1 unspecified atom stereocenters. The van der Waals surface area contributed by atoms with Crippen LogP contribution in [0.4, 0.5) is 0 Å². The Morgan fingerprint density at radius 2 is 1.76 bits per heavy atom. The highest BCUT2D eigenvalue weighted by Crippen LogP contribution is 2.29. The van der Waals surface area contributed by atoms with E-state index in [0.717, 1.165) is 18.0 Å². The van der Waals surface area contributed by atoms with Gasteiger partial charge in [-0.1, -0.05) is 33.1 Å². The van der Waals surface area contributed by atoms with Gasteiger partial charge < -0.3 is 5.32 Å². The highest BCUT2D eigenvalue weighted by Gasteiger charge is 2.37. The van der Waals surface area contributed by atoms with E-state index < -0.39 is 0 Å². The van der Waals surface area contributed by atoms with Crippen molar-refractivity contribution in [1.82, 2.24) is 10.2 Å². The number of hydrogen-bond donors (Lipinski definition) is 1. The quantitative estimate of drug-likeness (QED) is 0.795. The van der Waals surface area contributed by atoms with Crippen LogP contribution in [0.2, 0.25) is 0 Å². The van der Waals surface area contributed by atoms with E-state index in [-0.39, 0.29) is 0 Å². The molecule has 2 heteroatoms. The molecule has 100 valence electrons. The van der Waals surface area contributed by atoms with Crippen LogP contribution in [0, 0.1) is 5.92 Å². The molecular weight excluding hydrogens is 208 g/mol. The fourth-order valence-corrected chi connectivity index (χ4v) is 3.56. The van der Waals surface area contributed by atoms with Crippen molar-refractivity contribution < 1.29 is 0 Å². The Hall–Kier alpha value is -0.0800. The molecule has 1 aliphatic carbocycles. The minimum absolute atomic E-state index is 0.294. The zero-order chi connectivity index (χ0) is 12.5. The van der Waals surface area contributed by atoms with E-state index in [1.54, 1.807) is 0 Å². The van der Waals surface area contributed by atoms with Gasteiger partial charge in [-0.2, -0.15) is 0 Å². The van der Waals surface area contributed by atoms with Gasteiger partial charge in [0.2, 0.25) is 0 Å². The summed E-state index contributed by atoms with van der Waals surface area (Å²) in [5.74, 6) is 0.764. The first-order valence-electron chi connectivity index (χ1n) is 7.50. The zero-order valence-electron chi connectivity index (χ0n) is 12.1. The molecular formula is C15H30N2. The first-order valence-corrected chi connectivity index (χ1v) is 7.50. The van der Waals surface area contributed by atoms with Gasteiger partial charge in [0, 0.05) is 30.7 Å². The van der Waals surface area contributed by atoms with E-state index in [1.165, 1.54) is 45.2 Å². The molecule has 0 aromatic rings. The molecule has 0 aromatic heterocycles. The summed E-state index contributed by atoms with van der Waals surface area (Å²) in [6.45, 7) is 11.8. The third-order valence-electron chi connectivity index (χ3n) is 4.61. The van der Waals surface area contributed by atoms with Gasteiger partial charge in [0.1, 0.15) is 0 Å². The Bertz CT molecular complexity index is 241. The van der Waals surface area contributed by atoms with E-state index in [9.17, 15) is 0 Å². The lowest BCUT2D eigenvalue weighted by atomic mass is 9.87. The van der Waals surface area contributed by atoms with Gasteiger partial charge in [0.25, 0.3) is 0 Å². The molecule has 0 bridgehead atoms. The Labute approximate surface area is 107 Å². The largest absolute Gasteiger partial charge is 0.309 e. The van der Waals surface area contributed by atoms with E-state index in [1.807, 2.05) is 0 Å². The van der Waals surface area contributed by atoms with Crippen molar-refractivity contribution in [3.05, 3.63) is 0 Å². The topological polar surface area (TPSA) is 15.3 Å². The molecule has 1 N–H and O–H groups in total. The second-order valence-electron chi connectivity index (χ2n) is 7.04. The molecule has 2 aliphatic rings. The van der Waals surface area contributed by atoms with Gasteiger partial charge in [-0.3, -0.25) is 4.90 Å². The van der Waals surface area contributed by atoms with Gasteiger partial charge in [-0.05, 0) is 32.6 Å². The zero-order valence-corrected chi connectivity index (χ0v) is 12.1. The lowest BCUT2D eigenvalue weighted by Crippen LogP contribution is -2.65. The second-order valence-corrected chi connectivity index (χ2v) is 7.04. The van der Waals surface area contributed by atoms with Gasteiger partial charge in [0.05, 0.1) is 0 Å². The fourth-order valence-electron chi connectivity index (χ4n) is 3.56. The minimum atomic E-state index is 0.294. The first kappa shape index (κ1) is 13.4. The molecule has 0 radical (unpaired) electrons. The van der Waals surface area contributed by atoms with E-state index in [4.69, 9.17) is 0 Å². The highest BCUT2D eigenvalue weighted by molar-refractivity contribution is 4.96. The fraction of sp³-hybridized carbons (Fsp3) is 1.00. The molecule has 2 rings (SSSR count). The van der Waals surface area contributed by atoms with Crippen LogP contribution in [0.3, 0.4) is 0 Å². The number of nitrogens with one attached hydrogen (secondary N) is 1. The average molecular weight is 238 g/mol. The molecule has 0 spiro atoms. The standard InChI is InChI=1S/C15H30N2/c1-12(2)14-10-16-15(3,4)11-17(14)13-8-6-5-7-9-13/h12-14,16H,5-11H2,1-4H3. The summed E-state index contributed by atoms with van der Waals surface area (Å²) in [6.07, 6.45) is 7.20. The van der Waals surface area contributed by atoms with E-state index in [0.29, 0.717) is 5.54 Å². The Balaban J connectivity index is 2.06. The predicted molar refractivity (Wildman–Crippen MR) is 74.3 cm³/mol. The van der Waals surface area contributed by atoms with Gasteiger partial charge in [-0.15, -0.1) is 0 Å². The van der Waals surface area contributed by atoms with Crippen LogP contribution in [0.15, 0.2) is 0 Å². The molecule has 0 aromatic carbocycles. The SMILES string of the molecule is CC(C)C1CNC(C)(C)CN1C1CCCCC1. The third-order valence-corrected chi connectivity index (χ3v) is 4.61. The maximum Gasteiger partial charge on any atom is 0.0253 e. The Morgan fingerprint density at radius 1 is 1.12 bits per heavy atom. The molecule has 1 atom stereocenters. The van der Waals surface area contributed by atoms with Crippen molar-refractivity contribution in [2.75, 3.05) is 13.1 Å². The summed E-state index contributed by atoms with van der Waals surface area (Å²) in [5, 5.41) is 3.72. The van der Waals surface area contributed by atoms with Crippen LogP contribution in [0.1, 0.15) is 59.8 Å². The number of piperazine rings is 1. The van der Waals surface area contributed by atoms with Crippen molar-refractivity contribution >= 4 is 0 Å². The maximum atomic E-state index is 3.72. The maximum absolute atomic E-state index is 3.72. The minimum Gasteiger partial charge on any atom is -0.309 e. The van der Waals surface area contributed by atoms with Crippen LogP contribution in [-0.2, 0) is 0 Å². The predicted octanol–water partition coefficient (Wildman–Crippen LogP) is 3.03. The number of rotatable bonds is 2. The van der Waals surface area contributed by atoms with Crippen LogP contribution in [-0.4, -0.2) is 35.6 Å². The molecule has 2 nitrogen and oxygen atoms in total. The molecule has 1 heterocycles. The first-order chi connectivity index (χ1) is 7.99. The molecule has 1 saturated carbocycles. The molecule has 1 aliphatic heterocycles. The summed E-state index contributed by atoms with van der Waals surface area (Å²) in [6, 6.07) is 1.60. The van der Waals surface area contributed by atoms with Gasteiger partial charge in [0.15, 0.2) is 0 Å². The van der Waals surface area contributed by atoms with Gasteiger partial charge in [-0.25, -0.2) is 0 Å². The van der Waals surface area contributed by atoms with E-state index in [2.05, 4.69) is 37.9 Å². The molecule has 2 fully saturated rings. The molecule has 17 heavy (non-hydrogen) atoms. The molecule has 1 saturated heterocycles. The molecule has 0 amide bonds. The lowest BCUT2D eigenvalue weighted by Gasteiger charge is -2.50. The smallest absolute Gasteiger partial charge is 0.0253 e. The second kappa shape index (κ2) is 5.27. The van der Waals surface area contributed by atoms with Crippen molar-refractivity contribution in [3.8, 4) is 0 Å². The summed E-state index contributed by atoms with van der Waals surface area (Å²) in [5.41, 5.74) is 0.294. The lowest BCUT2D eigenvalue weighted by molar-refractivity contribution is 0.0181. The van der Waals surface area contributed by atoms with Crippen LogP contribution in [0.5, 0.6) is 0 Å². The average Bonchev–Trinajstić information content (AvgIpc) is 2.28. The van der Waals surface area contributed by atoms with Crippen molar-refractivity contribution in [2.24, 2.45) is 5.92 Å². The van der Waals surface area contributed by atoms with Crippen LogP contribution >= 0.6 is 0 Å². The Morgan fingerprint density at radius 3 is 2.35 bits per heavy atom. The third kappa shape index (κ3) is 3.23. The normalized spacial score (nSPS) is 31.9. The van der Waals surface area contributed by atoms with E-state index >= 15 is 0 Å². The summed E-state index contributed by atoms with van der Waals surface area (Å²) in [4.78, 5) is 2.83.